The van der Waals surface area contributed by atoms with Crippen molar-refractivity contribution in [3.63, 3.8) is 0 Å². The van der Waals surface area contributed by atoms with E-state index in [2.05, 4.69) is 75.7 Å². The molecule has 0 unspecified atom stereocenters. The van der Waals surface area contributed by atoms with Crippen molar-refractivity contribution in [3.8, 4) is 12.0 Å². The first-order valence-electron chi connectivity index (χ1n) is 6.79. The number of hydrogen-bond acceptors (Lipinski definition) is 2. The van der Waals surface area contributed by atoms with Crippen LogP contribution in [0.25, 0.3) is 10.1 Å². The highest BCUT2D eigenvalue weighted by molar-refractivity contribution is 7.19. The molecule has 0 atom stereocenters. The van der Waals surface area contributed by atoms with Crippen LogP contribution in [0.2, 0.25) is 0 Å². The second kappa shape index (κ2) is 5.67. The van der Waals surface area contributed by atoms with Crippen LogP contribution >= 0.6 is 11.3 Å². The van der Waals surface area contributed by atoms with Crippen molar-refractivity contribution < 1.29 is 0 Å². The molecule has 0 aliphatic heterocycles. The molecule has 0 N–H and O–H groups in total. The molecule has 0 saturated heterocycles. The Hall–Kier alpha value is -1.46. The average Bonchev–Trinajstić information content (AvgIpc) is 2.65. The third kappa shape index (κ3) is 2.93. The van der Waals surface area contributed by atoms with Crippen molar-refractivity contribution in [2.45, 2.75) is 46.7 Å². The summed E-state index contributed by atoms with van der Waals surface area (Å²) in [5, 5.41) is 1.28. The maximum Gasteiger partial charge on any atom is 0.0478 e. The van der Waals surface area contributed by atoms with Gasteiger partial charge in [-0.3, -0.25) is 0 Å². The normalized spacial score (nSPS) is 10.9. The van der Waals surface area contributed by atoms with Gasteiger partial charge in [0.25, 0.3) is 0 Å². The molecule has 2 rings (SSSR count). The van der Waals surface area contributed by atoms with Gasteiger partial charge in [-0.05, 0) is 46.6 Å². The molecule has 0 saturated carbocycles. The monoisotopic (exact) mass is 271 g/mol. The standard InChI is InChI=1S/C17H21NS/c1-12(2)18(13(3)4)11-10-15-14(5)19-17-9-7-6-8-16(15)17/h6-9,12-13H,1-5H3. The number of rotatable bonds is 2. The molecule has 0 aliphatic rings. The Bertz CT molecular complexity index is 617. The van der Waals surface area contributed by atoms with E-state index in [-0.39, 0.29) is 0 Å². The molecule has 0 fully saturated rings. The molecule has 0 aliphatic carbocycles. The molecule has 19 heavy (non-hydrogen) atoms. The van der Waals surface area contributed by atoms with Crippen LogP contribution in [0, 0.1) is 18.9 Å². The predicted molar refractivity (Wildman–Crippen MR) is 85.6 cm³/mol. The fourth-order valence-corrected chi connectivity index (χ4v) is 3.32. The molecular weight excluding hydrogens is 250 g/mol. The molecule has 0 radical (unpaired) electrons. The molecule has 1 aromatic heterocycles. The van der Waals surface area contributed by atoms with E-state index in [0.29, 0.717) is 12.1 Å². The maximum atomic E-state index is 3.39. The van der Waals surface area contributed by atoms with E-state index in [1.165, 1.54) is 20.5 Å². The van der Waals surface area contributed by atoms with Crippen molar-refractivity contribution in [2.24, 2.45) is 0 Å². The van der Waals surface area contributed by atoms with Crippen LogP contribution in [-0.2, 0) is 0 Å². The number of nitrogens with zero attached hydrogens (tertiary/aromatic N) is 1. The molecule has 1 aromatic carbocycles. The van der Waals surface area contributed by atoms with Gasteiger partial charge in [0, 0.05) is 38.7 Å². The number of hydrogen-bond donors (Lipinski definition) is 0. The minimum atomic E-state index is 0.442. The van der Waals surface area contributed by atoms with Crippen molar-refractivity contribution >= 4 is 21.4 Å². The highest BCUT2D eigenvalue weighted by Crippen LogP contribution is 2.29. The van der Waals surface area contributed by atoms with Crippen molar-refractivity contribution in [2.75, 3.05) is 0 Å². The van der Waals surface area contributed by atoms with Gasteiger partial charge in [0.15, 0.2) is 0 Å². The lowest BCUT2D eigenvalue weighted by Gasteiger charge is -2.26. The smallest absolute Gasteiger partial charge is 0.0478 e. The molecule has 2 heteroatoms. The van der Waals surface area contributed by atoms with E-state index in [0.717, 1.165) is 0 Å². The fourth-order valence-electron chi connectivity index (χ4n) is 2.30. The summed E-state index contributed by atoms with van der Waals surface area (Å²) in [6, 6.07) is 12.7. The van der Waals surface area contributed by atoms with Gasteiger partial charge in [0.1, 0.15) is 0 Å². The van der Waals surface area contributed by atoms with Crippen LogP contribution in [0.15, 0.2) is 24.3 Å². The van der Waals surface area contributed by atoms with E-state index in [1.807, 2.05) is 11.3 Å². The minimum absolute atomic E-state index is 0.442. The largest absolute Gasteiger partial charge is 0.327 e. The molecule has 1 nitrogen and oxygen atoms in total. The zero-order valence-electron chi connectivity index (χ0n) is 12.3. The van der Waals surface area contributed by atoms with E-state index in [1.54, 1.807) is 0 Å². The molecule has 0 bridgehead atoms. The van der Waals surface area contributed by atoms with Crippen LogP contribution < -0.4 is 0 Å². The number of aryl methyl sites for hydroxylation is 1. The summed E-state index contributed by atoms with van der Waals surface area (Å²) in [6.45, 7) is 10.9. The Morgan fingerprint density at radius 1 is 1.05 bits per heavy atom. The topological polar surface area (TPSA) is 3.24 Å². The lowest BCUT2D eigenvalue weighted by atomic mass is 10.1. The first-order valence-corrected chi connectivity index (χ1v) is 7.60. The van der Waals surface area contributed by atoms with Crippen molar-refractivity contribution in [3.05, 3.63) is 34.7 Å². The second-order valence-corrected chi connectivity index (χ2v) is 6.62. The van der Waals surface area contributed by atoms with Crippen molar-refractivity contribution in [1.82, 2.24) is 4.90 Å². The summed E-state index contributed by atoms with van der Waals surface area (Å²) < 4.78 is 1.32. The summed E-state index contributed by atoms with van der Waals surface area (Å²) in [7, 11) is 0. The fraction of sp³-hybridized carbons (Fsp3) is 0.412. The van der Waals surface area contributed by atoms with Crippen LogP contribution in [0.4, 0.5) is 0 Å². The van der Waals surface area contributed by atoms with Crippen LogP contribution in [0.1, 0.15) is 38.1 Å². The molecule has 1 heterocycles. The van der Waals surface area contributed by atoms with Gasteiger partial charge < -0.3 is 4.90 Å². The molecule has 2 aromatic rings. The maximum absolute atomic E-state index is 3.39. The van der Waals surface area contributed by atoms with Crippen LogP contribution in [0.5, 0.6) is 0 Å². The Labute approximate surface area is 120 Å². The van der Waals surface area contributed by atoms with Gasteiger partial charge in [-0.25, -0.2) is 0 Å². The van der Waals surface area contributed by atoms with Gasteiger partial charge in [-0.15, -0.1) is 11.3 Å². The highest BCUT2D eigenvalue weighted by Gasteiger charge is 2.10. The molecule has 0 amide bonds. The summed E-state index contributed by atoms with van der Waals surface area (Å²) in [4.78, 5) is 3.52. The van der Waals surface area contributed by atoms with E-state index in [9.17, 15) is 0 Å². The minimum Gasteiger partial charge on any atom is -0.327 e. The quantitative estimate of drug-likeness (QED) is 0.568. The lowest BCUT2D eigenvalue weighted by molar-refractivity contribution is 0.274. The summed E-state index contributed by atoms with van der Waals surface area (Å²) >= 11 is 1.83. The summed E-state index contributed by atoms with van der Waals surface area (Å²) in [5.74, 6) is 3.39. The lowest BCUT2D eigenvalue weighted by Crippen LogP contribution is -2.32. The second-order valence-electron chi connectivity index (χ2n) is 5.36. The Kier molecular flexibility index (Phi) is 4.17. The van der Waals surface area contributed by atoms with Crippen LogP contribution in [0.3, 0.4) is 0 Å². The number of benzene rings is 1. The molecule has 100 valence electrons. The SMILES string of the molecule is Cc1sc2ccccc2c1C#CN(C(C)C)C(C)C. The van der Waals surface area contributed by atoms with Crippen molar-refractivity contribution in [1.29, 1.82) is 0 Å². The number of fused-ring (bicyclic) bond motifs is 1. The van der Waals surface area contributed by atoms with E-state index >= 15 is 0 Å². The van der Waals surface area contributed by atoms with Gasteiger partial charge in [0.05, 0.1) is 0 Å². The Balaban J connectivity index is 2.44. The Morgan fingerprint density at radius 3 is 2.32 bits per heavy atom. The van der Waals surface area contributed by atoms with Gasteiger partial charge >= 0.3 is 0 Å². The average molecular weight is 271 g/mol. The summed E-state index contributed by atoms with van der Waals surface area (Å²) in [6.07, 6.45) is 0. The van der Waals surface area contributed by atoms with Crippen LogP contribution in [-0.4, -0.2) is 17.0 Å². The zero-order valence-corrected chi connectivity index (χ0v) is 13.1. The van der Waals surface area contributed by atoms with E-state index < -0.39 is 0 Å². The number of thiophene rings is 1. The van der Waals surface area contributed by atoms with Gasteiger partial charge in [-0.2, -0.15) is 0 Å². The summed E-state index contributed by atoms with van der Waals surface area (Å²) in [5.41, 5.74) is 1.19. The van der Waals surface area contributed by atoms with Gasteiger partial charge in [-0.1, -0.05) is 18.2 Å². The first kappa shape index (κ1) is 14.0. The molecular formula is C17H21NS. The zero-order chi connectivity index (χ0) is 14.0. The Morgan fingerprint density at radius 2 is 1.68 bits per heavy atom. The van der Waals surface area contributed by atoms with Gasteiger partial charge in [0.2, 0.25) is 0 Å². The van der Waals surface area contributed by atoms with E-state index in [4.69, 9.17) is 0 Å². The third-order valence-corrected chi connectivity index (χ3v) is 4.28. The predicted octanol–water partition coefficient (Wildman–Crippen LogP) is 4.64. The first-order chi connectivity index (χ1) is 9.00. The third-order valence-electron chi connectivity index (χ3n) is 3.19. The highest BCUT2D eigenvalue weighted by atomic mass is 32.1. The molecule has 0 spiro atoms.